The first-order valence-electron chi connectivity index (χ1n) is 3.61. The van der Waals surface area contributed by atoms with Gasteiger partial charge in [-0.1, -0.05) is 0 Å². The Morgan fingerprint density at radius 1 is 1.23 bits per heavy atom. The van der Waals surface area contributed by atoms with Gasteiger partial charge in [-0.25, -0.2) is 0 Å². The highest BCUT2D eigenvalue weighted by Gasteiger charge is 2.08. The van der Waals surface area contributed by atoms with Crippen molar-refractivity contribution in [3.63, 3.8) is 0 Å². The quantitative estimate of drug-likeness (QED) is 0.695. The van der Waals surface area contributed by atoms with Crippen LogP contribution in [0.3, 0.4) is 0 Å². The molecular weight excluding hydrogens is 178 g/mol. The highest BCUT2D eigenvalue weighted by Crippen LogP contribution is 2.27. The number of rotatable bonds is 2. The van der Waals surface area contributed by atoms with Crippen molar-refractivity contribution >= 4 is 11.4 Å². The first-order chi connectivity index (χ1) is 6.00. The van der Waals surface area contributed by atoms with Crippen LogP contribution in [0.4, 0.5) is 20.2 Å². The zero-order valence-electron chi connectivity index (χ0n) is 7.05. The van der Waals surface area contributed by atoms with Gasteiger partial charge in [-0.15, -0.1) is 0 Å². The minimum absolute atomic E-state index is 0.0571. The molecule has 1 aromatic rings. The minimum Gasteiger partial charge on any atom is -0.434 e. The van der Waals surface area contributed by atoms with Crippen LogP contribution in [0.5, 0.6) is 5.75 Å². The van der Waals surface area contributed by atoms with Crippen molar-refractivity contribution in [1.82, 2.24) is 0 Å². The van der Waals surface area contributed by atoms with Crippen LogP contribution in [0, 0.1) is 6.92 Å². The Labute approximate surface area is 74.3 Å². The summed E-state index contributed by atoms with van der Waals surface area (Å²) in [7, 11) is 0. The summed E-state index contributed by atoms with van der Waals surface area (Å²) in [4.78, 5) is 0. The molecule has 0 saturated heterocycles. The molecule has 0 aliphatic rings. The fourth-order valence-electron chi connectivity index (χ4n) is 0.949. The minimum atomic E-state index is -2.85. The van der Waals surface area contributed by atoms with Crippen molar-refractivity contribution in [3.8, 4) is 5.75 Å². The molecule has 0 spiro atoms. The van der Waals surface area contributed by atoms with Crippen LogP contribution in [-0.2, 0) is 0 Å². The Kier molecular flexibility index (Phi) is 2.55. The van der Waals surface area contributed by atoms with Gasteiger partial charge in [0.1, 0.15) is 5.75 Å². The van der Waals surface area contributed by atoms with Crippen molar-refractivity contribution in [1.29, 1.82) is 0 Å². The molecule has 3 nitrogen and oxygen atoms in total. The second kappa shape index (κ2) is 3.47. The van der Waals surface area contributed by atoms with Crippen LogP contribution in [0.25, 0.3) is 0 Å². The van der Waals surface area contributed by atoms with E-state index in [1.165, 1.54) is 12.1 Å². The topological polar surface area (TPSA) is 61.3 Å². The molecular formula is C8H10F2N2O. The molecule has 1 aromatic carbocycles. The molecule has 5 heteroatoms. The van der Waals surface area contributed by atoms with E-state index in [1.54, 1.807) is 6.92 Å². The lowest BCUT2D eigenvalue weighted by Gasteiger charge is -2.09. The van der Waals surface area contributed by atoms with Gasteiger partial charge in [-0.05, 0) is 18.6 Å². The Balaban J connectivity index is 3.01. The van der Waals surface area contributed by atoms with Crippen molar-refractivity contribution in [3.05, 3.63) is 17.7 Å². The normalized spacial score (nSPS) is 10.5. The molecule has 0 unspecified atom stereocenters. The van der Waals surface area contributed by atoms with E-state index in [4.69, 9.17) is 11.5 Å². The number of alkyl halides is 2. The van der Waals surface area contributed by atoms with E-state index in [-0.39, 0.29) is 11.4 Å². The van der Waals surface area contributed by atoms with Gasteiger partial charge in [0.2, 0.25) is 0 Å². The Morgan fingerprint density at radius 3 is 2.31 bits per heavy atom. The first kappa shape index (κ1) is 9.57. The largest absolute Gasteiger partial charge is 0.434 e. The average molecular weight is 188 g/mol. The van der Waals surface area contributed by atoms with Crippen LogP contribution in [0.15, 0.2) is 12.1 Å². The molecule has 1 rings (SSSR count). The molecule has 0 atom stereocenters. The predicted molar refractivity (Wildman–Crippen MR) is 46.6 cm³/mol. The molecule has 0 aliphatic heterocycles. The lowest BCUT2D eigenvalue weighted by Crippen LogP contribution is -2.05. The molecule has 0 aliphatic carbocycles. The number of hydrogen-bond acceptors (Lipinski definition) is 3. The van der Waals surface area contributed by atoms with E-state index in [1.807, 2.05) is 0 Å². The van der Waals surface area contributed by atoms with Crippen molar-refractivity contribution in [2.45, 2.75) is 13.5 Å². The van der Waals surface area contributed by atoms with Gasteiger partial charge in [0.05, 0.1) is 11.4 Å². The number of ether oxygens (including phenoxy) is 1. The zero-order chi connectivity index (χ0) is 10.0. The summed E-state index contributed by atoms with van der Waals surface area (Å²) in [5.41, 5.74) is 12.0. The van der Waals surface area contributed by atoms with Crippen molar-refractivity contribution in [2.24, 2.45) is 0 Å². The van der Waals surface area contributed by atoms with E-state index >= 15 is 0 Å². The van der Waals surface area contributed by atoms with Gasteiger partial charge in [-0.2, -0.15) is 8.78 Å². The molecule has 0 aromatic heterocycles. The highest BCUT2D eigenvalue weighted by molar-refractivity contribution is 5.67. The summed E-state index contributed by atoms with van der Waals surface area (Å²) in [6.45, 7) is -1.23. The van der Waals surface area contributed by atoms with Gasteiger partial charge >= 0.3 is 6.61 Å². The average Bonchev–Trinajstić information content (AvgIpc) is 1.99. The maximum absolute atomic E-state index is 11.8. The lowest BCUT2D eigenvalue weighted by atomic mass is 10.2. The molecule has 13 heavy (non-hydrogen) atoms. The maximum Gasteiger partial charge on any atom is 0.387 e. The van der Waals surface area contributed by atoms with Gasteiger partial charge in [0.25, 0.3) is 0 Å². The molecule has 0 amide bonds. The van der Waals surface area contributed by atoms with Crippen LogP contribution < -0.4 is 16.2 Å². The molecule has 0 radical (unpaired) electrons. The zero-order valence-corrected chi connectivity index (χ0v) is 7.05. The summed E-state index contributed by atoms with van der Waals surface area (Å²) < 4.78 is 27.9. The van der Waals surface area contributed by atoms with Crippen LogP contribution in [0.2, 0.25) is 0 Å². The molecule has 4 N–H and O–H groups in total. The third-order valence-corrected chi connectivity index (χ3v) is 1.60. The summed E-state index contributed by atoms with van der Waals surface area (Å²) >= 11 is 0. The molecule has 0 saturated carbocycles. The molecule has 72 valence electrons. The van der Waals surface area contributed by atoms with Crippen LogP contribution >= 0.6 is 0 Å². The first-order valence-corrected chi connectivity index (χ1v) is 3.61. The van der Waals surface area contributed by atoms with E-state index < -0.39 is 6.61 Å². The number of nitrogen functional groups attached to an aromatic ring is 2. The number of aryl methyl sites for hydroxylation is 1. The van der Waals surface area contributed by atoms with E-state index in [9.17, 15) is 8.78 Å². The second-order valence-electron chi connectivity index (χ2n) is 2.63. The predicted octanol–water partition coefficient (Wildman–Crippen LogP) is 1.76. The van der Waals surface area contributed by atoms with Gasteiger partial charge < -0.3 is 16.2 Å². The van der Waals surface area contributed by atoms with Gasteiger partial charge in [0.15, 0.2) is 0 Å². The summed E-state index contributed by atoms with van der Waals surface area (Å²) in [6.07, 6.45) is 0. The van der Waals surface area contributed by atoms with E-state index in [0.29, 0.717) is 11.3 Å². The number of anilines is 2. The fourth-order valence-corrected chi connectivity index (χ4v) is 0.949. The number of benzene rings is 1. The SMILES string of the molecule is Cc1cc(N)c(N)cc1OC(F)F. The number of hydrogen-bond donors (Lipinski definition) is 2. The maximum atomic E-state index is 11.8. The number of halogens is 2. The summed E-state index contributed by atoms with van der Waals surface area (Å²) in [5, 5.41) is 0. The monoisotopic (exact) mass is 188 g/mol. The standard InChI is InChI=1S/C8H10F2N2O/c1-4-2-5(11)6(12)3-7(4)13-8(9)10/h2-3,8H,11-12H2,1H3. The van der Waals surface area contributed by atoms with Gasteiger partial charge in [-0.3, -0.25) is 0 Å². The van der Waals surface area contributed by atoms with Crippen molar-refractivity contribution in [2.75, 3.05) is 11.5 Å². The summed E-state index contributed by atoms with van der Waals surface area (Å²) in [5.74, 6) is 0.0571. The van der Waals surface area contributed by atoms with Crippen LogP contribution in [0.1, 0.15) is 5.56 Å². The van der Waals surface area contributed by atoms with Crippen molar-refractivity contribution < 1.29 is 13.5 Å². The van der Waals surface area contributed by atoms with Gasteiger partial charge in [0, 0.05) is 6.07 Å². The fraction of sp³-hybridized carbons (Fsp3) is 0.250. The second-order valence-corrected chi connectivity index (χ2v) is 2.63. The molecule has 0 heterocycles. The van der Waals surface area contributed by atoms with E-state index in [0.717, 1.165) is 0 Å². The smallest absolute Gasteiger partial charge is 0.387 e. The summed E-state index contributed by atoms with van der Waals surface area (Å²) in [6, 6.07) is 2.78. The third kappa shape index (κ3) is 2.21. The Morgan fingerprint density at radius 2 is 1.77 bits per heavy atom. The highest BCUT2D eigenvalue weighted by atomic mass is 19.3. The Bertz CT molecular complexity index is 315. The molecule has 0 bridgehead atoms. The number of nitrogens with two attached hydrogens (primary N) is 2. The van der Waals surface area contributed by atoms with Crippen LogP contribution in [-0.4, -0.2) is 6.61 Å². The lowest BCUT2D eigenvalue weighted by molar-refractivity contribution is -0.0502. The Hall–Kier alpha value is -1.52. The molecule has 0 fully saturated rings. The van der Waals surface area contributed by atoms with E-state index in [2.05, 4.69) is 4.74 Å². The third-order valence-electron chi connectivity index (χ3n) is 1.60.